The van der Waals surface area contributed by atoms with Crippen molar-refractivity contribution < 1.29 is 0 Å². The van der Waals surface area contributed by atoms with Crippen LogP contribution in [0.5, 0.6) is 0 Å². The van der Waals surface area contributed by atoms with Gasteiger partial charge in [0.05, 0.1) is 33.5 Å². The van der Waals surface area contributed by atoms with Gasteiger partial charge in [-0.3, -0.25) is 4.57 Å². The average Bonchev–Trinajstić information content (AvgIpc) is 3.87. The van der Waals surface area contributed by atoms with Crippen LogP contribution in [-0.2, 0) is 0 Å². The molecule has 288 valence electrons. The maximum atomic E-state index is 5.43. The highest BCUT2D eigenvalue weighted by Gasteiger charge is 2.20. The molecule has 13 aromatic rings. The van der Waals surface area contributed by atoms with Gasteiger partial charge in [0.15, 0.2) is 0 Å². The van der Waals surface area contributed by atoms with Crippen molar-refractivity contribution in [1.82, 2.24) is 19.1 Å². The normalized spacial score (nSPS) is 11.9. The van der Waals surface area contributed by atoms with Crippen molar-refractivity contribution >= 4 is 75.9 Å². The quantitative estimate of drug-likeness (QED) is 0.163. The minimum absolute atomic E-state index is 0.631. The number of fused-ring (bicyclic) bond motifs is 12. The van der Waals surface area contributed by atoms with Gasteiger partial charge in [0, 0.05) is 38.4 Å². The topological polar surface area (TPSA) is 35.6 Å². The molecular weight excluding hydrogens is 753 g/mol. The molecule has 3 heterocycles. The Balaban J connectivity index is 0.996. The largest absolute Gasteiger partial charge is 0.309 e. The highest BCUT2D eigenvalue weighted by molar-refractivity contribution is 6.25. The van der Waals surface area contributed by atoms with Gasteiger partial charge >= 0.3 is 0 Å². The van der Waals surface area contributed by atoms with E-state index in [0.717, 1.165) is 55.6 Å². The zero-order chi connectivity index (χ0) is 40.7. The summed E-state index contributed by atoms with van der Waals surface area (Å²) in [6.07, 6.45) is 0. The maximum Gasteiger partial charge on any atom is 0.235 e. The molecule has 0 aliphatic carbocycles. The highest BCUT2D eigenvalue weighted by Crippen LogP contribution is 2.40. The Morgan fingerprint density at radius 2 is 0.694 bits per heavy atom. The molecule has 4 heteroatoms. The molecule has 10 aromatic carbocycles. The first-order valence-corrected chi connectivity index (χ1v) is 21.2. The summed E-state index contributed by atoms with van der Waals surface area (Å²) in [4.78, 5) is 10.8. The summed E-state index contributed by atoms with van der Waals surface area (Å²) < 4.78 is 4.62. The number of para-hydroxylation sites is 3. The lowest BCUT2D eigenvalue weighted by molar-refractivity contribution is 0.995. The Morgan fingerprint density at radius 3 is 1.34 bits per heavy atom. The first-order chi connectivity index (χ1) is 30.7. The molecule has 0 saturated carbocycles. The fourth-order valence-corrected chi connectivity index (χ4v) is 9.90. The Kier molecular flexibility index (Phi) is 7.57. The third kappa shape index (κ3) is 5.27. The predicted octanol–water partition coefficient (Wildman–Crippen LogP) is 15.1. The molecule has 0 aliphatic heterocycles. The number of hydrogen-bond acceptors (Lipinski definition) is 2. The van der Waals surface area contributed by atoms with Crippen molar-refractivity contribution in [2.24, 2.45) is 0 Å². The van der Waals surface area contributed by atoms with Crippen LogP contribution in [0.1, 0.15) is 0 Å². The van der Waals surface area contributed by atoms with Gasteiger partial charge in [-0.2, -0.15) is 0 Å². The van der Waals surface area contributed by atoms with Gasteiger partial charge in [-0.05, 0) is 98.0 Å². The summed E-state index contributed by atoms with van der Waals surface area (Å²) in [5, 5.41) is 12.4. The van der Waals surface area contributed by atoms with Gasteiger partial charge in [-0.15, -0.1) is 0 Å². The number of rotatable bonds is 5. The second-order valence-corrected chi connectivity index (χ2v) is 16.2. The van der Waals surface area contributed by atoms with Crippen LogP contribution in [0, 0.1) is 0 Å². The third-order valence-corrected chi connectivity index (χ3v) is 12.7. The summed E-state index contributed by atoms with van der Waals surface area (Å²) in [5.74, 6) is 0.631. The monoisotopic (exact) mass is 788 g/mol. The molecule has 0 amide bonds. The maximum absolute atomic E-state index is 5.43. The molecule has 13 rings (SSSR count). The molecule has 62 heavy (non-hydrogen) atoms. The van der Waals surface area contributed by atoms with E-state index >= 15 is 0 Å². The first-order valence-electron chi connectivity index (χ1n) is 21.2. The Bertz CT molecular complexity index is 3840. The second kappa shape index (κ2) is 13.6. The lowest BCUT2D eigenvalue weighted by Crippen LogP contribution is -2.04. The molecule has 3 aromatic heterocycles. The van der Waals surface area contributed by atoms with Crippen molar-refractivity contribution in [2.75, 3.05) is 0 Å². The van der Waals surface area contributed by atoms with E-state index in [-0.39, 0.29) is 0 Å². The Labute approximate surface area is 357 Å². The van der Waals surface area contributed by atoms with Crippen LogP contribution in [0.15, 0.2) is 218 Å². The fourth-order valence-electron chi connectivity index (χ4n) is 9.90. The van der Waals surface area contributed by atoms with E-state index in [1.54, 1.807) is 0 Å². The zero-order valence-corrected chi connectivity index (χ0v) is 33.6. The summed E-state index contributed by atoms with van der Waals surface area (Å²) in [5.41, 5.74) is 11.7. The van der Waals surface area contributed by atoms with Crippen molar-refractivity contribution in [2.45, 2.75) is 0 Å². The smallest absolute Gasteiger partial charge is 0.235 e. The van der Waals surface area contributed by atoms with Crippen LogP contribution in [0.2, 0.25) is 0 Å². The number of hydrogen-bond donors (Lipinski definition) is 0. The lowest BCUT2D eigenvalue weighted by Gasteiger charge is -2.14. The van der Waals surface area contributed by atoms with E-state index in [4.69, 9.17) is 9.97 Å². The van der Waals surface area contributed by atoms with Crippen LogP contribution < -0.4 is 0 Å². The van der Waals surface area contributed by atoms with Crippen LogP contribution in [0.4, 0.5) is 0 Å². The average molecular weight is 789 g/mol. The molecule has 0 unspecified atom stereocenters. The number of nitrogens with zero attached hydrogens (tertiary/aromatic N) is 4. The van der Waals surface area contributed by atoms with Crippen molar-refractivity contribution in [1.29, 1.82) is 0 Å². The van der Waals surface area contributed by atoms with Gasteiger partial charge in [0.25, 0.3) is 0 Å². The second-order valence-electron chi connectivity index (χ2n) is 16.2. The first kappa shape index (κ1) is 34.5. The molecule has 0 fully saturated rings. The van der Waals surface area contributed by atoms with E-state index in [1.165, 1.54) is 59.7 Å². The van der Waals surface area contributed by atoms with E-state index in [0.29, 0.717) is 5.95 Å². The van der Waals surface area contributed by atoms with E-state index in [1.807, 2.05) is 6.07 Å². The van der Waals surface area contributed by atoms with Crippen molar-refractivity contribution in [3.63, 3.8) is 0 Å². The van der Waals surface area contributed by atoms with Gasteiger partial charge in [-0.1, -0.05) is 164 Å². The zero-order valence-electron chi connectivity index (χ0n) is 33.6. The summed E-state index contributed by atoms with van der Waals surface area (Å²) in [6.45, 7) is 0. The Hall–Kier alpha value is -8.34. The SMILES string of the molecule is c1ccc(-c2cc(-c3cccc(-c4ccc5c6ccccc6c6ccccc6c5c4)c3)nc(-n3c4ccccc4c4cc(-n5c6ccccc6c6ccccc65)ccc43)n2)cc1. The molecule has 0 aliphatic rings. The predicted molar refractivity (Wildman–Crippen MR) is 260 cm³/mol. The number of aromatic nitrogens is 4. The van der Waals surface area contributed by atoms with Gasteiger partial charge in [0.1, 0.15) is 0 Å². The molecule has 4 nitrogen and oxygen atoms in total. The van der Waals surface area contributed by atoms with Gasteiger partial charge < -0.3 is 4.57 Å². The van der Waals surface area contributed by atoms with Crippen LogP contribution >= 0.6 is 0 Å². The summed E-state index contributed by atoms with van der Waals surface area (Å²) >= 11 is 0. The molecular formula is C58H36N4. The van der Waals surface area contributed by atoms with Crippen molar-refractivity contribution in [3.05, 3.63) is 218 Å². The molecule has 0 N–H and O–H groups in total. The summed E-state index contributed by atoms with van der Waals surface area (Å²) in [7, 11) is 0. The van der Waals surface area contributed by atoms with E-state index in [2.05, 4.69) is 221 Å². The minimum Gasteiger partial charge on any atom is -0.309 e. The molecule has 0 bridgehead atoms. The van der Waals surface area contributed by atoms with Gasteiger partial charge in [-0.25, -0.2) is 9.97 Å². The van der Waals surface area contributed by atoms with Crippen LogP contribution in [-0.4, -0.2) is 19.1 Å². The van der Waals surface area contributed by atoms with Gasteiger partial charge in [0.2, 0.25) is 5.95 Å². The molecule has 0 saturated heterocycles. The third-order valence-electron chi connectivity index (χ3n) is 12.7. The number of benzene rings is 10. The molecule has 0 atom stereocenters. The minimum atomic E-state index is 0.631. The van der Waals surface area contributed by atoms with Crippen LogP contribution in [0.25, 0.3) is 121 Å². The van der Waals surface area contributed by atoms with E-state index in [9.17, 15) is 0 Å². The summed E-state index contributed by atoms with van der Waals surface area (Å²) in [6, 6.07) is 78.5. The standard InChI is InChI=1S/C58H36N4/c1-2-15-37(16-3-1)52-36-53(40-18-14-17-38(33-40)39-29-31-46-44-21-5-4-19-42(44)43-20-6-7-22-45(43)50(46)34-39)60-58(59-52)62-56-28-13-10-25-49(56)51-35-41(30-32-57(51)62)61-54-26-11-8-23-47(54)48-24-9-12-27-55(48)61/h1-36H. The lowest BCUT2D eigenvalue weighted by atomic mass is 9.91. The van der Waals surface area contributed by atoms with Crippen molar-refractivity contribution in [3.8, 4) is 45.3 Å². The van der Waals surface area contributed by atoms with E-state index < -0.39 is 0 Å². The fraction of sp³-hybridized carbons (Fsp3) is 0. The molecule has 0 spiro atoms. The highest BCUT2D eigenvalue weighted by atomic mass is 15.2. The molecule has 0 radical (unpaired) electrons. The van der Waals surface area contributed by atoms with Crippen LogP contribution in [0.3, 0.4) is 0 Å². The Morgan fingerprint density at radius 1 is 0.242 bits per heavy atom.